The molecule has 0 bridgehead atoms. The highest BCUT2D eigenvalue weighted by Crippen LogP contribution is 2.25. The summed E-state index contributed by atoms with van der Waals surface area (Å²) in [6.07, 6.45) is 5.92. The molecule has 0 saturated heterocycles. The molecule has 0 spiro atoms. The van der Waals surface area contributed by atoms with Crippen LogP contribution in [-0.2, 0) is 16.6 Å². The van der Waals surface area contributed by atoms with Crippen molar-refractivity contribution in [2.24, 2.45) is 0 Å². The highest BCUT2D eigenvalue weighted by molar-refractivity contribution is 7.84. The fourth-order valence-corrected chi connectivity index (χ4v) is 5.04. The Hall–Kier alpha value is -0.380. The van der Waals surface area contributed by atoms with Crippen LogP contribution in [0.4, 0.5) is 0 Å². The average Bonchev–Trinajstić information content (AvgIpc) is 2.67. The van der Waals surface area contributed by atoms with Crippen molar-refractivity contribution in [3.63, 3.8) is 0 Å². The quantitative estimate of drug-likeness (QED) is 0.835. The summed E-state index contributed by atoms with van der Waals surface area (Å²) in [6, 6.07) is 8.14. The van der Waals surface area contributed by atoms with E-state index in [0.29, 0.717) is 11.8 Å². The fourth-order valence-electron chi connectivity index (χ4n) is 2.96. The Labute approximate surface area is 129 Å². The highest BCUT2D eigenvalue weighted by Gasteiger charge is 2.28. The summed E-state index contributed by atoms with van der Waals surface area (Å²) < 4.78 is 12.8. The van der Waals surface area contributed by atoms with Crippen LogP contribution in [0.3, 0.4) is 0 Å². The van der Waals surface area contributed by atoms with Crippen molar-refractivity contribution in [3.8, 4) is 0 Å². The van der Waals surface area contributed by atoms with Gasteiger partial charge in [0.05, 0.1) is 11.0 Å². The van der Waals surface area contributed by atoms with Crippen molar-refractivity contribution in [2.75, 3.05) is 6.54 Å². The minimum absolute atomic E-state index is 0.258. The van der Waals surface area contributed by atoms with Crippen LogP contribution in [0.1, 0.15) is 44.6 Å². The smallest absolute Gasteiger partial charge is 0.0504 e. The van der Waals surface area contributed by atoms with Gasteiger partial charge in [-0.25, -0.2) is 0 Å². The van der Waals surface area contributed by atoms with Gasteiger partial charge in [-0.05, 0) is 31.0 Å². The van der Waals surface area contributed by atoms with Gasteiger partial charge < -0.3 is 5.32 Å². The zero-order valence-corrected chi connectivity index (χ0v) is 13.7. The third-order valence-corrected chi connectivity index (χ3v) is 6.22. The van der Waals surface area contributed by atoms with Gasteiger partial charge in [0.25, 0.3) is 0 Å². The number of rotatable bonds is 5. The van der Waals surface area contributed by atoms with Crippen molar-refractivity contribution in [1.29, 1.82) is 0 Å². The summed E-state index contributed by atoms with van der Waals surface area (Å²) >= 11 is 6.19. The molecule has 1 saturated carbocycles. The maximum absolute atomic E-state index is 12.8. The fraction of sp³-hybridized carbons (Fsp3) is 0.625. The van der Waals surface area contributed by atoms with E-state index in [1.54, 1.807) is 0 Å². The third-order valence-electron chi connectivity index (χ3n) is 4.01. The molecule has 2 rings (SSSR count). The molecule has 20 heavy (non-hydrogen) atoms. The predicted molar refractivity (Wildman–Crippen MR) is 87.6 cm³/mol. The van der Waals surface area contributed by atoms with Crippen LogP contribution in [0.5, 0.6) is 0 Å². The first kappa shape index (κ1) is 16.0. The Morgan fingerprint density at radius 1 is 1.25 bits per heavy atom. The molecule has 1 N–H and O–H groups in total. The average molecular weight is 314 g/mol. The van der Waals surface area contributed by atoms with Crippen LogP contribution in [0.2, 0.25) is 5.02 Å². The molecule has 1 aliphatic carbocycles. The lowest BCUT2D eigenvalue weighted by Gasteiger charge is -2.25. The number of nitrogens with one attached hydrogen (secondary N) is 1. The molecule has 112 valence electrons. The highest BCUT2D eigenvalue weighted by atomic mass is 35.5. The molecule has 4 heteroatoms. The number of benzene rings is 1. The summed E-state index contributed by atoms with van der Waals surface area (Å²) in [5.41, 5.74) is 1.01. The van der Waals surface area contributed by atoms with E-state index in [4.69, 9.17) is 11.6 Å². The van der Waals surface area contributed by atoms with E-state index in [1.165, 1.54) is 19.3 Å². The molecule has 0 amide bonds. The molecular weight excluding hydrogens is 290 g/mol. The second-order valence-electron chi connectivity index (χ2n) is 5.46. The zero-order chi connectivity index (χ0) is 14.4. The molecule has 1 aromatic carbocycles. The minimum atomic E-state index is -0.857. The molecule has 1 aromatic rings. The largest absolute Gasteiger partial charge is 0.313 e. The van der Waals surface area contributed by atoms with Gasteiger partial charge in [-0.2, -0.15) is 0 Å². The van der Waals surface area contributed by atoms with E-state index in [-0.39, 0.29) is 5.25 Å². The summed E-state index contributed by atoms with van der Waals surface area (Å²) in [7, 11) is -0.857. The van der Waals surface area contributed by atoms with Gasteiger partial charge in [-0.3, -0.25) is 4.21 Å². The van der Waals surface area contributed by atoms with Crippen LogP contribution < -0.4 is 5.32 Å². The molecule has 3 atom stereocenters. The Bertz CT molecular complexity index is 452. The summed E-state index contributed by atoms with van der Waals surface area (Å²) in [5, 5.41) is 4.52. The van der Waals surface area contributed by atoms with Crippen LogP contribution in [0.15, 0.2) is 24.3 Å². The van der Waals surface area contributed by atoms with Gasteiger partial charge >= 0.3 is 0 Å². The second kappa shape index (κ2) is 8.16. The normalized spacial score (nSPS) is 25.1. The van der Waals surface area contributed by atoms with E-state index in [2.05, 4.69) is 12.2 Å². The van der Waals surface area contributed by atoms with E-state index in [9.17, 15) is 4.21 Å². The van der Waals surface area contributed by atoms with Crippen LogP contribution in [-0.4, -0.2) is 22.0 Å². The summed E-state index contributed by atoms with van der Waals surface area (Å²) in [6.45, 7) is 3.07. The first-order valence-corrected chi connectivity index (χ1v) is 9.32. The van der Waals surface area contributed by atoms with Gasteiger partial charge in [0.15, 0.2) is 0 Å². The van der Waals surface area contributed by atoms with Crippen molar-refractivity contribution in [1.82, 2.24) is 5.32 Å². The van der Waals surface area contributed by atoms with Crippen molar-refractivity contribution < 1.29 is 4.21 Å². The lowest BCUT2D eigenvalue weighted by atomic mass is 10.1. The molecule has 0 heterocycles. The van der Waals surface area contributed by atoms with E-state index in [1.807, 2.05) is 24.3 Å². The van der Waals surface area contributed by atoms with E-state index < -0.39 is 10.8 Å². The van der Waals surface area contributed by atoms with Gasteiger partial charge in [0, 0.05) is 21.9 Å². The maximum atomic E-state index is 12.8. The maximum Gasteiger partial charge on any atom is 0.0504 e. The Balaban J connectivity index is 2.07. The minimum Gasteiger partial charge on any atom is -0.313 e. The van der Waals surface area contributed by atoms with Crippen LogP contribution in [0, 0.1) is 0 Å². The lowest BCUT2D eigenvalue weighted by molar-refractivity contribution is 0.474. The molecule has 2 nitrogen and oxygen atoms in total. The topological polar surface area (TPSA) is 29.1 Å². The van der Waals surface area contributed by atoms with E-state index in [0.717, 1.165) is 30.0 Å². The van der Waals surface area contributed by atoms with Crippen molar-refractivity contribution in [2.45, 2.75) is 56.1 Å². The van der Waals surface area contributed by atoms with Crippen molar-refractivity contribution in [3.05, 3.63) is 34.9 Å². The van der Waals surface area contributed by atoms with Crippen LogP contribution >= 0.6 is 11.6 Å². The molecule has 3 unspecified atom stereocenters. The molecule has 0 aliphatic heterocycles. The number of halogens is 1. The lowest BCUT2D eigenvalue weighted by Crippen LogP contribution is -2.41. The first-order chi connectivity index (χ1) is 9.72. The van der Waals surface area contributed by atoms with Gasteiger partial charge in [-0.1, -0.05) is 56.0 Å². The molecular formula is C16H24ClNOS. The van der Waals surface area contributed by atoms with Gasteiger partial charge in [0.1, 0.15) is 0 Å². The molecule has 1 fully saturated rings. The first-order valence-electron chi connectivity index (χ1n) is 7.56. The number of hydrogen-bond acceptors (Lipinski definition) is 2. The summed E-state index contributed by atoms with van der Waals surface area (Å²) in [5.74, 6) is 0.576. The predicted octanol–water partition coefficient (Wildman–Crippen LogP) is 3.90. The third kappa shape index (κ3) is 4.31. The molecule has 0 radical (unpaired) electrons. The Morgan fingerprint density at radius 3 is 2.75 bits per heavy atom. The van der Waals surface area contributed by atoms with Gasteiger partial charge in [0.2, 0.25) is 0 Å². The van der Waals surface area contributed by atoms with Gasteiger partial charge in [-0.15, -0.1) is 0 Å². The SMILES string of the molecule is CCNC1CCCCCC1S(=O)Cc1ccccc1Cl. The summed E-state index contributed by atoms with van der Waals surface area (Å²) in [4.78, 5) is 0. The Kier molecular flexibility index (Phi) is 6.53. The zero-order valence-electron chi connectivity index (χ0n) is 12.1. The van der Waals surface area contributed by atoms with Crippen molar-refractivity contribution >= 4 is 22.4 Å². The van der Waals surface area contributed by atoms with E-state index >= 15 is 0 Å². The monoisotopic (exact) mass is 313 g/mol. The number of hydrogen-bond donors (Lipinski definition) is 1. The van der Waals surface area contributed by atoms with Crippen LogP contribution in [0.25, 0.3) is 0 Å². The molecule has 1 aliphatic rings. The standard InChI is InChI=1S/C16H24ClNOS/c1-2-18-15-10-4-3-5-11-16(15)20(19)12-13-8-6-7-9-14(13)17/h6-9,15-16,18H,2-5,10-12H2,1H3. The Morgan fingerprint density at radius 2 is 2.00 bits per heavy atom. The molecule has 0 aromatic heterocycles. The second-order valence-corrected chi connectivity index (χ2v) is 7.52.